The summed E-state index contributed by atoms with van der Waals surface area (Å²) in [6.07, 6.45) is 0.373. The fourth-order valence-corrected chi connectivity index (χ4v) is 3.53. The monoisotopic (exact) mass is 516 g/mol. The minimum Gasteiger partial charge on any atom is -0.497 e. The molecule has 1 aromatic rings. The topological polar surface area (TPSA) is 186 Å². The van der Waals surface area contributed by atoms with Crippen molar-refractivity contribution < 1.29 is 37.5 Å². The Morgan fingerprint density at radius 3 is 2.20 bits per heavy atom. The third-order valence-corrected chi connectivity index (χ3v) is 5.83. The second kappa shape index (κ2) is 13.9. The lowest BCUT2D eigenvalue weighted by Crippen LogP contribution is -2.55. The summed E-state index contributed by atoms with van der Waals surface area (Å²) in [5.41, 5.74) is 0.796. The summed E-state index contributed by atoms with van der Waals surface area (Å²) < 4.78 is 33.0. The van der Waals surface area contributed by atoms with Gasteiger partial charge in [-0.2, -0.15) is 0 Å². The largest absolute Gasteiger partial charge is 0.497 e. The molecule has 3 amide bonds. The number of carbonyl (C=O) groups is 3. The standard InChI is InChI=1S/C22H36N4O8S/c1-22(2,3)19(21(29)24-11-13-35(23,31)32)25-20(28)15(14-18(27)26-30)6-5-12-34-17-9-7-16(33-4)8-10-17/h7-10,15,19,30H,5-6,11-14H2,1-4H3,(H,24,29)(H,25,28)(H,26,27)(H2,23,31,32)/t15-,19-/m1/s1. The van der Waals surface area contributed by atoms with E-state index in [4.69, 9.17) is 19.8 Å². The van der Waals surface area contributed by atoms with Gasteiger partial charge in [0.15, 0.2) is 0 Å². The number of sulfonamides is 1. The van der Waals surface area contributed by atoms with Crippen LogP contribution in [0.2, 0.25) is 0 Å². The lowest BCUT2D eigenvalue weighted by atomic mass is 9.85. The quantitative estimate of drug-likeness (QED) is 0.133. The number of primary sulfonamides is 1. The fraction of sp³-hybridized carbons (Fsp3) is 0.591. The maximum atomic E-state index is 13.0. The molecule has 0 bridgehead atoms. The lowest BCUT2D eigenvalue weighted by molar-refractivity contribution is -0.137. The highest BCUT2D eigenvalue weighted by molar-refractivity contribution is 7.89. The molecule has 0 aliphatic carbocycles. The van der Waals surface area contributed by atoms with Crippen LogP contribution in [0, 0.1) is 11.3 Å². The Balaban J connectivity index is 2.78. The zero-order chi connectivity index (χ0) is 26.6. The van der Waals surface area contributed by atoms with E-state index in [1.54, 1.807) is 52.1 Å². The van der Waals surface area contributed by atoms with Crippen LogP contribution in [0.5, 0.6) is 11.5 Å². The van der Waals surface area contributed by atoms with E-state index in [1.807, 2.05) is 0 Å². The first-order valence-corrected chi connectivity index (χ1v) is 12.8. The predicted octanol–water partition coefficient (Wildman–Crippen LogP) is 0.302. The van der Waals surface area contributed by atoms with Crippen molar-refractivity contribution in [2.24, 2.45) is 16.5 Å². The van der Waals surface area contributed by atoms with Gasteiger partial charge in [-0.15, -0.1) is 0 Å². The van der Waals surface area contributed by atoms with Crippen molar-refractivity contribution in [3.05, 3.63) is 24.3 Å². The highest BCUT2D eigenvalue weighted by atomic mass is 32.2. The van der Waals surface area contributed by atoms with Crippen LogP contribution in [-0.2, 0) is 24.4 Å². The number of nitrogens with one attached hydrogen (secondary N) is 3. The molecule has 13 heteroatoms. The van der Waals surface area contributed by atoms with Gasteiger partial charge in [0, 0.05) is 18.9 Å². The molecule has 6 N–H and O–H groups in total. The highest BCUT2D eigenvalue weighted by Gasteiger charge is 2.34. The maximum absolute atomic E-state index is 13.0. The molecule has 35 heavy (non-hydrogen) atoms. The first kappa shape index (κ1) is 30.1. The van der Waals surface area contributed by atoms with Crippen LogP contribution in [0.4, 0.5) is 0 Å². The highest BCUT2D eigenvalue weighted by Crippen LogP contribution is 2.22. The molecule has 0 aliphatic rings. The summed E-state index contributed by atoms with van der Waals surface area (Å²) in [7, 11) is -2.20. The molecule has 0 spiro atoms. The number of benzene rings is 1. The van der Waals surface area contributed by atoms with Crippen molar-refractivity contribution in [1.29, 1.82) is 0 Å². The van der Waals surface area contributed by atoms with Crippen molar-refractivity contribution >= 4 is 27.7 Å². The van der Waals surface area contributed by atoms with Gasteiger partial charge in [0.1, 0.15) is 17.5 Å². The molecule has 198 valence electrons. The molecule has 0 saturated carbocycles. The number of amides is 3. The maximum Gasteiger partial charge on any atom is 0.244 e. The third-order valence-electron chi connectivity index (χ3n) is 5.05. The number of methoxy groups -OCH3 is 1. The van der Waals surface area contributed by atoms with E-state index in [2.05, 4.69) is 10.6 Å². The van der Waals surface area contributed by atoms with Crippen LogP contribution in [0.3, 0.4) is 0 Å². The Hall–Kier alpha value is -2.90. The molecule has 0 radical (unpaired) electrons. The molecule has 0 unspecified atom stereocenters. The van der Waals surface area contributed by atoms with Gasteiger partial charge >= 0.3 is 0 Å². The van der Waals surface area contributed by atoms with Crippen LogP contribution in [0.25, 0.3) is 0 Å². The lowest BCUT2D eigenvalue weighted by Gasteiger charge is -2.31. The van der Waals surface area contributed by atoms with E-state index < -0.39 is 50.9 Å². The Morgan fingerprint density at radius 1 is 1.09 bits per heavy atom. The molecule has 1 rings (SSSR count). The number of hydroxylamine groups is 1. The molecule has 0 fully saturated rings. The molecule has 0 heterocycles. The number of nitrogens with two attached hydrogens (primary N) is 1. The summed E-state index contributed by atoms with van der Waals surface area (Å²) in [6.45, 7) is 5.26. The Kier molecular flexibility index (Phi) is 11.9. The first-order valence-electron chi connectivity index (χ1n) is 11.0. The molecule has 1 aromatic carbocycles. The number of ether oxygens (including phenoxy) is 2. The molecule has 12 nitrogen and oxygen atoms in total. The van der Waals surface area contributed by atoms with Crippen molar-refractivity contribution in [3.63, 3.8) is 0 Å². The molecule has 0 aromatic heterocycles. The van der Waals surface area contributed by atoms with E-state index >= 15 is 0 Å². The van der Waals surface area contributed by atoms with Gasteiger partial charge in [-0.25, -0.2) is 19.0 Å². The second-order valence-electron chi connectivity index (χ2n) is 9.07. The van der Waals surface area contributed by atoms with Crippen LogP contribution in [0.15, 0.2) is 24.3 Å². The van der Waals surface area contributed by atoms with E-state index in [0.29, 0.717) is 17.9 Å². The average molecular weight is 517 g/mol. The van der Waals surface area contributed by atoms with Crippen molar-refractivity contribution in [3.8, 4) is 11.5 Å². The van der Waals surface area contributed by atoms with Gasteiger partial charge in [0.05, 0.1) is 19.5 Å². The summed E-state index contributed by atoms with van der Waals surface area (Å²) >= 11 is 0. The molecule has 0 saturated heterocycles. The minimum absolute atomic E-state index is 0.209. The average Bonchev–Trinajstić information content (AvgIpc) is 2.77. The molecular weight excluding hydrogens is 480 g/mol. The van der Waals surface area contributed by atoms with E-state index in [1.165, 1.54) is 5.48 Å². The zero-order valence-corrected chi connectivity index (χ0v) is 21.3. The second-order valence-corrected chi connectivity index (χ2v) is 10.8. The number of hydrogen-bond acceptors (Lipinski definition) is 8. The van der Waals surface area contributed by atoms with Crippen LogP contribution < -0.4 is 30.7 Å². The van der Waals surface area contributed by atoms with Gasteiger partial charge in [-0.1, -0.05) is 20.8 Å². The van der Waals surface area contributed by atoms with Gasteiger partial charge < -0.3 is 20.1 Å². The van der Waals surface area contributed by atoms with Gasteiger partial charge in [0.2, 0.25) is 27.7 Å². The summed E-state index contributed by atoms with van der Waals surface area (Å²) in [4.78, 5) is 37.4. The third kappa shape index (κ3) is 11.9. The van der Waals surface area contributed by atoms with E-state index in [0.717, 1.165) is 0 Å². The fourth-order valence-electron chi connectivity index (χ4n) is 3.14. The smallest absolute Gasteiger partial charge is 0.244 e. The van der Waals surface area contributed by atoms with E-state index in [-0.39, 0.29) is 26.0 Å². The number of rotatable bonds is 14. The minimum atomic E-state index is -3.76. The van der Waals surface area contributed by atoms with E-state index in [9.17, 15) is 22.8 Å². The normalized spacial score (nSPS) is 13.3. The summed E-state index contributed by atoms with van der Waals surface area (Å²) in [5, 5.41) is 19.0. The SMILES string of the molecule is COc1ccc(OCCC[C@H](CC(=O)NO)C(=O)N[C@H](C(=O)NCCS(N)(=O)=O)C(C)(C)C)cc1. The predicted molar refractivity (Wildman–Crippen MR) is 128 cm³/mol. The summed E-state index contributed by atoms with van der Waals surface area (Å²) in [6, 6.07) is 5.97. The van der Waals surface area contributed by atoms with Gasteiger partial charge in [-0.3, -0.25) is 19.6 Å². The van der Waals surface area contributed by atoms with Crippen LogP contribution in [0.1, 0.15) is 40.0 Å². The Bertz CT molecular complexity index is 945. The number of hydrogen-bond donors (Lipinski definition) is 5. The van der Waals surface area contributed by atoms with Gasteiger partial charge in [0.25, 0.3) is 0 Å². The zero-order valence-electron chi connectivity index (χ0n) is 20.5. The summed E-state index contributed by atoms with van der Waals surface area (Å²) in [5.74, 6) is -1.87. The molecule has 0 aliphatic heterocycles. The van der Waals surface area contributed by atoms with Crippen LogP contribution in [-0.4, -0.2) is 63.4 Å². The molecular formula is C22H36N4O8S. The van der Waals surface area contributed by atoms with Gasteiger partial charge in [-0.05, 0) is 42.5 Å². The molecule has 2 atom stereocenters. The number of carbonyl (C=O) groups excluding carboxylic acids is 3. The van der Waals surface area contributed by atoms with Crippen molar-refractivity contribution in [2.45, 2.75) is 46.1 Å². The van der Waals surface area contributed by atoms with Crippen molar-refractivity contribution in [2.75, 3.05) is 26.0 Å². The first-order chi connectivity index (χ1) is 16.3. The Labute approximate surface area is 205 Å². The van der Waals surface area contributed by atoms with Crippen LogP contribution >= 0.6 is 0 Å². The Morgan fingerprint density at radius 2 is 1.69 bits per heavy atom. The van der Waals surface area contributed by atoms with Crippen molar-refractivity contribution in [1.82, 2.24) is 16.1 Å².